The molecule has 4 heteroatoms. The van der Waals surface area contributed by atoms with E-state index in [2.05, 4.69) is 17.4 Å². The van der Waals surface area contributed by atoms with Gasteiger partial charge in [-0.2, -0.15) is 0 Å². The van der Waals surface area contributed by atoms with Gasteiger partial charge in [-0.25, -0.2) is 0 Å². The minimum absolute atomic E-state index is 0.0283. The van der Waals surface area contributed by atoms with Crippen LogP contribution in [-0.2, 0) is 16.0 Å². The lowest BCUT2D eigenvalue weighted by atomic mass is 9.93. The number of carbonyl (C=O) groups excluding carboxylic acids is 2. The van der Waals surface area contributed by atoms with E-state index in [4.69, 9.17) is 0 Å². The van der Waals surface area contributed by atoms with Crippen molar-refractivity contribution >= 4 is 17.9 Å². The quantitative estimate of drug-likeness (QED) is 0.809. The second-order valence-corrected chi connectivity index (χ2v) is 6.53. The van der Waals surface area contributed by atoms with Crippen molar-refractivity contribution in [3.8, 4) is 0 Å². The predicted octanol–water partition coefficient (Wildman–Crippen LogP) is 3.70. The van der Waals surface area contributed by atoms with Gasteiger partial charge < -0.3 is 10.2 Å². The van der Waals surface area contributed by atoms with E-state index in [1.54, 1.807) is 11.1 Å². The van der Waals surface area contributed by atoms with Crippen molar-refractivity contribution in [2.75, 3.05) is 6.54 Å². The Morgan fingerprint density at radius 1 is 1.04 bits per heavy atom. The highest BCUT2D eigenvalue weighted by atomic mass is 16.2. The van der Waals surface area contributed by atoms with Crippen molar-refractivity contribution in [2.24, 2.45) is 0 Å². The fourth-order valence-electron chi connectivity index (χ4n) is 3.33. The van der Waals surface area contributed by atoms with Crippen molar-refractivity contribution in [1.82, 2.24) is 10.2 Å². The molecule has 1 heterocycles. The highest BCUT2D eigenvalue weighted by Crippen LogP contribution is 2.32. The fourth-order valence-corrected chi connectivity index (χ4v) is 3.33. The molecular formula is C22H24N2O2. The summed E-state index contributed by atoms with van der Waals surface area (Å²) >= 11 is 0. The molecule has 0 bridgehead atoms. The molecule has 4 nitrogen and oxygen atoms in total. The molecule has 1 N–H and O–H groups in total. The van der Waals surface area contributed by atoms with Gasteiger partial charge in [0, 0.05) is 19.7 Å². The summed E-state index contributed by atoms with van der Waals surface area (Å²) in [6, 6.07) is 17.9. The molecule has 0 fully saturated rings. The number of aryl methyl sites for hydroxylation is 1. The summed E-state index contributed by atoms with van der Waals surface area (Å²) in [6.07, 6.45) is 5.80. The number of carbonyl (C=O) groups is 2. The summed E-state index contributed by atoms with van der Waals surface area (Å²) < 4.78 is 0. The second kappa shape index (κ2) is 8.48. The van der Waals surface area contributed by atoms with E-state index in [0.717, 1.165) is 24.0 Å². The molecule has 1 aliphatic heterocycles. The number of hydrogen-bond donors (Lipinski definition) is 1. The Kier molecular flexibility index (Phi) is 5.84. The molecule has 2 aromatic carbocycles. The molecule has 1 aliphatic rings. The molecule has 0 spiro atoms. The van der Waals surface area contributed by atoms with E-state index in [1.807, 2.05) is 48.5 Å². The highest BCUT2D eigenvalue weighted by Gasteiger charge is 2.27. The largest absolute Gasteiger partial charge is 0.356 e. The van der Waals surface area contributed by atoms with Gasteiger partial charge in [-0.1, -0.05) is 54.6 Å². The van der Waals surface area contributed by atoms with Gasteiger partial charge in [0.05, 0.1) is 12.5 Å². The Hall–Kier alpha value is -2.88. The summed E-state index contributed by atoms with van der Waals surface area (Å²) in [4.78, 5) is 26.0. The Morgan fingerprint density at radius 2 is 1.77 bits per heavy atom. The van der Waals surface area contributed by atoms with Crippen LogP contribution in [0.25, 0.3) is 6.08 Å². The van der Waals surface area contributed by atoms with Crippen molar-refractivity contribution < 1.29 is 9.59 Å². The van der Waals surface area contributed by atoms with Crippen molar-refractivity contribution in [2.45, 2.75) is 32.2 Å². The molecule has 134 valence electrons. The lowest BCUT2D eigenvalue weighted by Crippen LogP contribution is -2.35. The van der Waals surface area contributed by atoms with Gasteiger partial charge in [0.25, 0.3) is 0 Å². The molecule has 0 aromatic heterocycles. The molecule has 0 saturated carbocycles. The summed E-state index contributed by atoms with van der Waals surface area (Å²) in [5.74, 6) is -0.0861. The summed E-state index contributed by atoms with van der Waals surface area (Å²) in [6.45, 7) is 2.17. The van der Waals surface area contributed by atoms with Gasteiger partial charge in [-0.15, -0.1) is 0 Å². The first kappa shape index (κ1) is 17.9. The second-order valence-electron chi connectivity index (χ2n) is 6.53. The standard InChI is InChI=1S/C22H24N2O2/c1-17(25)24-15-13-19-11-5-6-12-20(19)21(24)16-22(26)23-14-7-10-18-8-3-2-4-9-18/h2-6,8-9,11-13,15,21H,7,10,14,16H2,1H3,(H,23,26). The van der Waals surface area contributed by atoms with Gasteiger partial charge in [-0.05, 0) is 35.6 Å². The number of nitrogens with zero attached hydrogens (tertiary/aromatic N) is 1. The summed E-state index contributed by atoms with van der Waals surface area (Å²) in [5, 5.41) is 2.99. The van der Waals surface area contributed by atoms with Gasteiger partial charge in [0.1, 0.15) is 0 Å². The zero-order valence-electron chi connectivity index (χ0n) is 15.0. The van der Waals surface area contributed by atoms with Gasteiger partial charge in [-0.3, -0.25) is 9.59 Å². The third-order valence-corrected chi connectivity index (χ3v) is 4.66. The third kappa shape index (κ3) is 4.39. The van der Waals surface area contributed by atoms with Gasteiger partial charge in [0.2, 0.25) is 11.8 Å². The fraction of sp³-hybridized carbons (Fsp3) is 0.273. The highest BCUT2D eigenvalue weighted by molar-refractivity contribution is 5.81. The molecule has 0 aliphatic carbocycles. The predicted molar refractivity (Wildman–Crippen MR) is 103 cm³/mol. The van der Waals surface area contributed by atoms with Crippen LogP contribution in [0.15, 0.2) is 60.8 Å². The van der Waals surface area contributed by atoms with Crippen molar-refractivity contribution in [1.29, 1.82) is 0 Å². The Balaban J connectivity index is 1.56. The monoisotopic (exact) mass is 348 g/mol. The lowest BCUT2D eigenvalue weighted by molar-refractivity contribution is -0.129. The number of amides is 2. The van der Waals surface area contributed by atoms with E-state index in [-0.39, 0.29) is 24.3 Å². The van der Waals surface area contributed by atoms with Gasteiger partial charge >= 0.3 is 0 Å². The molecule has 26 heavy (non-hydrogen) atoms. The Morgan fingerprint density at radius 3 is 2.54 bits per heavy atom. The van der Waals surface area contributed by atoms with Crippen LogP contribution in [0.1, 0.15) is 42.5 Å². The molecule has 1 unspecified atom stereocenters. The first-order chi connectivity index (χ1) is 12.6. The Bertz CT molecular complexity index is 799. The first-order valence-corrected chi connectivity index (χ1v) is 9.02. The van der Waals surface area contributed by atoms with E-state index < -0.39 is 0 Å². The molecular weight excluding hydrogens is 324 g/mol. The number of rotatable bonds is 6. The summed E-state index contributed by atoms with van der Waals surface area (Å²) in [7, 11) is 0. The van der Waals surface area contributed by atoms with Crippen LogP contribution < -0.4 is 5.32 Å². The van der Waals surface area contributed by atoms with Crippen LogP contribution in [-0.4, -0.2) is 23.3 Å². The molecule has 0 saturated heterocycles. The van der Waals surface area contributed by atoms with Gasteiger partial charge in [0.15, 0.2) is 0 Å². The third-order valence-electron chi connectivity index (χ3n) is 4.66. The Labute approximate surface area is 154 Å². The maximum atomic E-state index is 12.4. The number of hydrogen-bond acceptors (Lipinski definition) is 2. The lowest BCUT2D eigenvalue weighted by Gasteiger charge is -2.32. The number of benzene rings is 2. The van der Waals surface area contributed by atoms with Crippen molar-refractivity contribution in [3.63, 3.8) is 0 Å². The molecule has 1 atom stereocenters. The maximum absolute atomic E-state index is 12.4. The minimum Gasteiger partial charge on any atom is -0.356 e. The van der Waals surface area contributed by atoms with Crippen LogP contribution in [0.3, 0.4) is 0 Å². The molecule has 2 amide bonds. The van der Waals surface area contributed by atoms with Crippen molar-refractivity contribution in [3.05, 3.63) is 77.5 Å². The van der Waals surface area contributed by atoms with Crippen LogP contribution in [0, 0.1) is 0 Å². The normalized spacial score (nSPS) is 15.4. The minimum atomic E-state index is -0.247. The van der Waals surface area contributed by atoms with E-state index in [9.17, 15) is 9.59 Å². The average Bonchev–Trinajstić information content (AvgIpc) is 2.66. The topological polar surface area (TPSA) is 49.4 Å². The zero-order valence-corrected chi connectivity index (χ0v) is 15.0. The van der Waals surface area contributed by atoms with Crippen LogP contribution >= 0.6 is 0 Å². The first-order valence-electron chi connectivity index (χ1n) is 9.02. The summed E-state index contributed by atoms with van der Waals surface area (Å²) in [5.41, 5.74) is 3.35. The SMILES string of the molecule is CC(=O)N1C=Cc2ccccc2C1CC(=O)NCCCc1ccccc1. The molecule has 3 rings (SSSR count). The van der Waals surface area contributed by atoms with Crippen LogP contribution in [0.4, 0.5) is 0 Å². The number of nitrogens with one attached hydrogen (secondary N) is 1. The molecule has 0 radical (unpaired) electrons. The maximum Gasteiger partial charge on any atom is 0.223 e. The van der Waals surface area contributed by atoms with E-state index >= 15 is 0 Å². The molecule has 2 aromatic rings. The van der Waals surface area contributed by atoms with E-state index in [0.29, 0.717) is 6.54 Å². The van der Waals surface area contributed by atoms with Crippen LogP contribution in [0.2, 0.25) is 0 Å². The smallest absolute Gasteiger partial charge is 0.223 e. The van der Waals surface area contributed by atoms with E-state index in [1.165, 1.54) is 12.5 Å². The average molecular weight is 348 g/mol. The number of fused-ring (bicyclic) bond motifs is 1. The van der Waals surface area contributed by atoms with Crippen LogP contribution in [0.5, 0.6) is 0 Å². The zero-order chi connectivity index (χ0) is 18.4.